The molecule has 0 radical (unpaired) electrons. The minimum absolute atomic E-state index is 0.288. The van der Waals surface area contributed by atoms with E-state index in [-0.39, 0.29) is 6.04 Å². The van der Waals surface area contributed by atoms with Gasteiger partial charge in [0.25, 0.3) is 0 Å². The van der Waals surface area contributed by atoms with Crippen molar-refractivity contribution >= 4 is 0 Å². The highest BCUT2D eigenvalue weighted by Gasteiger charge is 2.28. The largest absolute Gasteiger partial charge is 0.306 e. The Labute approximate surface area is 110 Å². The third-order valence-electron chi connectivity index (χ3n) is 4.50. The minimum atomic E-state index is 0.288. The number of aryl methyl sites for hydroxylation is 1. The van der Waals surface area contributed by atoms with Crippen molar-refractivity contribution in [3.8, 4) is 0 Å². The number of nitrogens with zero attached hydrogens (tertiary/aromatic N) is 2. The van der Waals surface area contributed by atoms with Gasteiger partial charge in [-0.05, 0) is 32.1 Å². The van der Waals surface area contributed by atoms with Gasteiger partial charge in [0.2, 0.25) is 0 Å². The Hall–Kier alpha value is -0.960. The molecule has 0 aliphatic heterocycles. The molecular weight excluding hydrogens is 222 g/mol. The van der Waals surface area contributed by atoms with Crippen molar-refractivity contribution in [3.05, 3.63) is 23.8 Å². The second kappa shape index (κ2) is 5.79. The van der Waals surface area contributed by atoms with Crippen LogP contribution in [0.4, 0.5) is 0 Å². The van der Waals surface area contributed by atoms with E-state index in [2.05, 4.69) is 36.1 Å². The van der Waals surface area contributed by atoms with Crippen LogP contribution in [0.5, 0.6) is 0 Å². The molecular formula is C15H25N3. The Bertz CT molecular complexity index is 391. The molecule has 1 heterocycles. The summed E-state index contributed by atoms with van der Waals surface area (Å²) in [7, 11) is 0. The highest BCUT2D eigenvalue weighted by molar-refractivity contribution is 5.12. The van der Waals surface area contributed by atoms with Gasteiger partial charge in [0, 0.05) is 24.5 Å². The zero-order chi connectivity index (χ0) is 13.1. The fourth-order valence-electron chi connectivity index (χ4n) is 3.06. The molecule has 1 saturated carbocycles. The lowest BCUT2D eigenvalue weighted by Crippen LogP contribution is -2.42. The second-order valence-electron chi connectivity index (χ2n) is 5.79. The van der Waals surface area contributed by atoms with Crippen molar-refractivity contribution in [2.75, 3.05) is 0 Å². The molecule has 4 unspecified atom stereocenters. The van der Waals surface area contributed by atoms with E-state index in [4.69, 9.17) is 0 Å². The second-order valence-corrected chi connectivity index (χ2v) is 5.79. The zero-order valence-corrected chi connectivity index (χ0v) is 12.0. The summed E-state index contributed by atoms with van der Waals surface area (Å²) in [5, 5.41) is 3.75. The molecule has 100 valence electrons. The van der Waals surface area contributed by atoms with Crippen LogP contribution in [0.25, 0.3) is 0 Å². The van der Waals surface area contributed by atoms with Crippen molar-refractivity contribution in [2.24, 2.45) is 11.8 Å². The van der Waals surface area contributed by atoms with Crippen molar-refractivity contribution in [1.29, 1.82) is 0 Å². The number of rotatable bonds is 3. The van der Waals surface area contributed by atoms with E-state index in [0.717, 1.165) is 23.2 Å². The average Bonchev–Trinajstić information content (AvgIpc) is 2.35. The fraction of sp³-hybridized carbons (Fsp3) is 0.733. The zero-order valence-electron chi connectivity index (χ0n) is 12.0. The van der Waals surface area contributed by atoms with Gasteiger partial charge in [0.05, 0.1) is 11.4 Å². The maximum Gasteiger partial charge on any atom is 0.0782 e. The first kappa shape index (κ1) is 13.5. The lowest BCUT2D eigenvalue weighted by atomic mass is 9.78. The molecule has 0 amide bonds. The van der Waals surface area contributed by atoms with Gasteiger partial charge in [-0.2, -0.15) is 0 Å². The van der Waals surface area contributed by atoms with Crippen LogP contribution in [0.2, 0.25) is 0 Å². The first-order valence-electron chi connectivity index (χ1n) is 7.13. The Morgan fingerprint density at radius 2 is 1.94 bits per heavy atom. The van der Waals surface area contributed by atoms with Crippen LogP contribution in [0.15, 0.2) is 12.4 Å². The van der Waals surface area contributed by atoms with Crippen LogP contribution in [0, 0.1) is 18.8 Å². The monoisotopic (exact) mass is 247 g/mol. The van der Waals surface area contributed by atoms with Gasteiger partial charge >= 0.3 is 0 Å². The van der Waals surface area contributed by atoms with Crippen LogP contribution >= 0.6 is 0 Å². The number of hydrogen-bond acceptors (Lipinski definition) is 3. The van der Waals surface area contributed by atoms with E-state index in [1.807, 2.05) is 6.92 Å². The quantitative estimate of drug-likeness (QED) is 0.891. The third kappa shape index (κ3) is 2.89. The first-order valence-corrected chi connectivity index (χ1v) is 7.13. The molecule has 2 rings (SSSR count). The maximum atomic E-state index is 4.46. The summed E-state index contributed by atoms with van der Waals surface area (Å²) >= 11 is 0. The smallest absolute Gasteiger partial charge is 0.0782 e. The minimum Gasteiger partial charge on any atom is -0.306 e. The number of aromatic nitrogens is 2. The van der Waals surface area contributed by atoms with E-state index in [9.17, 15) is 0 Å². The highest BCUT2D eigenvalue weighted by Crippen LogP contribution is 2.30. The molecule has 1 fully saturated rings. The Kier molecular flexibility index (Phi) is 4.33. The van der Waals surface area contributed by atoms with Crippen LogP contribution in [-0.4, -0.2) is 16.0 Å². The predicted octanol–water partition coefficient (Wildman–Crippen LogP) is 3.26. The summed E-state index contributed by atoms with van der Waals surface area (Å²) in [4.78, 5) is 8.79. The molecule has 1 aliphatic rings. The van der Waals surface area contributed by atoms with Crippen molar-refractivity contribution < 1.29 is 0 Å². The molecule has 0 spiro atoms. The fourth-order valence-corrected chi connectivity index (χ4v) is 3.06. The van der Waals surface area contributed by atoms with Gasteiger partial charge in [0.1, 0.15) is 0 Å². The lowest BCUT2D eigenvalue weighted by Gasteiger charge is -2.36. The molecule has 4 atom stereocenters. The van der Waals surface area contributed by atoms with E-state index in [1.54, 1.807) is 12.4 Å². The van der Waals surface area contributed by atoms with Gasteiger partial charge in [-0.15, -0.1) is 0 Å². The van der Waals surface area contributed by atoms with Gasteiger partial charge < -0.3 is 5.32 Å². The van der Waals surface area contributed by atoms with Crippen LogP contribution in [-0.2, 0) is 0 Å². The Balaban J connectivity index is 2.03. The molecule has 0 bridgehead atoms. The van der Waals surface area contributed by atoms with Crippen molar-refractivity contribution in [2.45, 2.75) is 59.0 Å². The standard InChI is InChI=1S/C15H25N3/c1-10-6-5-7-14(11(10)2)18-13(4)15-12(3)16-8-9-17-15/h8-11,13-14,18H,5-7H2,1-4H3. The van der Waals surface area contributed by atoms with Crippen LogP contribution in [0.1, 0.15) is 57.5 Å². The van der Waals surface area contributed by atoms with E-state index in [0.29, 0.717) is 6.04 Å². The summed E-state index contributed by atoms with van der Waals surface area (Å²) in [5.74, 6) is 1.57. The van der Waals surface area contributed by atoms with Gasteiger partial charge in [-0.1, -0.05) is 26.7 Å². The van der Waals surface area contributed by atoms with Crippen molar-refractivity contribution in [3.63, 3.8) is 0 Å². The van der Waals surface area contributed by atoms with Gasteiger partial charge in [-0.25, -0.2) is 0 Å². The van der Waals surface area contributed by atoms with Crippen LogP contribution in [0.3, 0.4) is 0 Å². The normalized spacial score (nSPS) is 30.1. The average molecular weight is 247 g/mol. The molecule has 3 nitrogen and oxygen atoms in total. The van der Waals surface area contributed by atoms with Crippen LogP contribution < -0.4 is 5.32 Å². The summed E-state index contributed by atoms with van der Waals surface area (Å²) in [6.07, 6.45) is 7.55. The molecule has 0 saturated heterocycles. The van der Waals surface area contributed by atoms with E-state index >= 15 is 0 Å². The molecule has 0 aromatic carbocycles. The predicted molar refractivity (Wildman–Crippen MR) is 74.3 cm³/mol. The SMILES string of the molecule is Cc1nccnc1C(C)NC1CCCC(C)C1C. The molecule has 18 heavy (non-hydrogen) atoms. The lowest BCUT2D eigenvalue weighted by molar-refractivity contribution is 0.195. The highest BCUT2D eigenvalue weighted by atomic mass is 15.0. The maximum absolute atomic E-state index is 4.46. The first-order chi connectivity index (χ1) is 8.59. The Morgan fingerprint density at radius 1 is 1.22 bits per heavy atom. The molecule has 3 heteroatoms. The Morgan fingerprint density at radius 3 is 2.67 bits per heavy atom. The molecule has 1 aromatic rings. The third-order valence-corrected chi connectivity index (χ3v) is 4.50. The van der Waals surface area contributed by atoms with Crippen molar-refractivity contribution in [1.82, 2.24) is 15.3 Å². The summed E-state index contributed by atoms with van der Waals surface area (Å²) in [6, 6.07) is 0.904. The number of nitrogens with one attached hydrogen (secondary N) is 1. The topological polar surface area (TPSA) is 37.8 Å². The summed E-state index contributed by atoms with van der Waals surface area (Å²) in [6.45, 7) is 8.98. The van der Waals surface area contributed by atoms with E-state index in [1.165, 1.54) is 19.3 Å². The summed E-state index contributed by atoms with van der Waals surface area (Å²) in [5.41, 5.74) is 2.12. The molecule has 1 aliphatic carbocycles. The molecule has 1 aromatic heterocycles. The number of hydrogen-bond donors (Lipinski definition) is 1. The molecule has 1 N–H and O–H groups in total. The van der Waals surface area contributed by atoms with Gasteiger partial charge in [-0.3, -0.25) is 9.97 Å². The summed E-state index contributed by atoms with van der Waals surface area (Å²) < 4.78 is 0. The van der Waals surface area contributed by atoms with E-state index < -0.39 is 0 Å². The van der Waals surface area contributed by atoms with Gasteiger partial charge in [0.15, 0.2) is 0 Å².